The number of rotatable bonds is 0. The summed E-state index contributed by atoms with van der Waals surface area (Å²) in [6, 6.07) is 0. The first-order valence-electron chi connectivity index (χ1n) is 3.49. The van der Waals surface area contributed by atoms with Crippen molar-refractivity contribution in [3.05, 3.63) is 12.2 Å². The van der Waals surface area contributed by atoms with Crippen molar-refractivity contribution in [2.75, 3.05) is 0 Å². The predicted molar refractivity (Wildman–Crippen MR) is 38.2 cm³/mol. The zero-order valence-corrected chi connectivity index (χ0v) is 6.09. The average Bonchev–Trinajstić information content (AvgIpc) is 1.77. The molecular weight excluding hydrogens is 112 g/mol. The van der Waals surface area contributed by atoms with Crippen LogP contribution in [0.1, 0.15) is 26.7 Å². The molecule has 0 bridgehead atoms. The van der Waals surface area contributed by atoms with Crippen LogP contribution in [0.2, 0.25) is 0 Å². The molecule has 1 N–H and O–H groups in total. The largest absolute Gasteiger partial charge is 0.392 e. The zero-order chi connectivity index (χ0) is 6.91. The molecule has 1 atom stereocenters. The molecule has 0 amide bonds. The highest BCUT2D eigenvalue weighted by molar-refractivity contribution is 5.03. The quantitative estimate of drug-likeness (QED) is 0.490. The second-order valence-electron chi connectivity index (χ2n) is 3.32. The van der Waals surface area contributed by atoms with Crippen LogP contribution in [-0.2, 0) is 0 Å². The molecule has 0 heterocycles. The molecule has 0 aromatic heterocycles. The number of hydrogen-bond acceptors (Lipinski definition) is 1. The van der Waals surface area contributed by atoms with Gasteiger partial charge >= 0.3 is 0 Å². The summed E-state index contributed by atoms with van der Waals surface area (Å²) in [5.74, 6) is 0. The Balaban J connectivity index is 2.68. The van der Waals surface area contributed by atoms with E-state index in [2.05, 4.69) is 26.0 Å². The fraction of sp³-hybridized carbons (Fsp3) is 0.750. The normalized spacial score (nSPS) is 32.6. The fourth-order valence-corrected chi connectivity index (χ4v) is 1.12. The van der Waals surface area contributed by atoms with E-state index in [0.29, 0.717) is 0 Å². The van der Waals surface area contributed by atoms with E-state index in [1.807, 2.05) is 0 Å². The zero-order valence-electron chi connectivity index (χ0n) is 6.09. The molecular formula is C8H14O. The summed E-state index contributed by atoms with van der Waals surface area (Å²) in [7, 11) is 0. The Labute approximate surface area is 56.4 Å². The van der Waals surface area contributed by atoms with Gasteiger partial charge in [-0.3, -0.25) is 0 Å². The van der Waals surface area contributed by atoms with Gasteiger partial charge in [-0.2, -0.15) is 0 Å². The summed E-state index contributed by atoms with van der Waals surface area (Å²) in [5.41, 5.74) is 0.0122. The Morgan fingerprint density at radius 2 is 2.22 bits per heavy atom. The van der Waals surface area contributed by atoms with Gasteiger partial charge in [0.2, 0.25) is 0 Å². The first-order valence-corrected chi connectivity index (χ1v) is 3.49. The van der Waals surface area contributed by atoms with E-state index in [1.54, 1.807) is 0 Å². The second-order valence-corrected chi connectivity index (χ2v) is 3.32. The first-order chi connectivity index (χ1) is 4.13. The van der Waals surface area contributed by atoms with Crippen molar-refractivity contribution in [3.8, 4) is 0 Å². The molecule has 0 aromatic carbocycles. The Hall–Kier alpha value is -0.300. The highest BCUT2D eigenvalue weighted by Gasteiger charge is 2.26. The molecule has 0 saturated carbocycles. The van der Waals surface area contributed by atoms with Crippen LogP contribution in [-0.4, -0.2) is 11.2 Å². The third-order valence-electron chi connectivity index (χ3n) is 2.01. The smallest absolute Gasteiger partial charge is 0.0628 e. The Morgan fingerprint density at radius 3 is 2.56 bits per heavy atom. The molecule has 1 aliphatic carbocycles. The maximum absolute atomic E-state index is 9.39. The molecule has 1 heteroatoms. The van der Waals surface area contributed by atoms with Crippen molar-refractivity contribution in [3.63, 3.8) is 0 Å². The van der Waals surface area contributed by atoms with Crippen LogP contribution in [0.4, 0.5) is 0 Å². The lowest BCUT2D eigenvalue weighted by Gasteiger charge is -2.29. The standard InChI is InChI=1S/C8H14O/c1-8(2)6-4-3-5-7(8)9/h4,6-7,9H,3,5H2,1-2H3. The van der Waals surface area contributed by atoms with Crippen LogP contribution in [0.25, 0.3) is 0 Å². The summed E-state index contributed by atoms with van der Waals surface area (Å²) in [5, 5.41) is 9.39. The van der Waals surface area contributed by atoms with Crippen molar-refractivity contribution in [1.29, 1.82) is 0 Å². The van der Waals surface area contributed by atoms with E-state index in [9.17, 15) is 5.11 Å². The summed E-state index contributed by atoms with van der Waals surface area (Å²) >= 11 is 0. The van der Waals surface area contributed by atoms with E-state index in [4.69, 9.17) is 0 Å². The van der Waals surface area contributed by atoms with Crippen molar-refractivity contribution >= 4 is 0 Å². The predicted octanol–water partition coefficient (Wildman–Crippen LogP) is 1.72. The van der Waals surface area contributed by atoms with Gasteiger partial charge in [0.1, 0.15) is 0 Å². The van der Waals surface area contributed by atoms with E-state index in [-0.39, 0.29) is 11.5 Å². The maximum Gasteiger partial charge on any atom is 0.0628 e. The molecule has 52 valence electrons. The van der Waals surface area contributed by atoms with E-state index < -0.39 is 0 Å². The van der Waals surface area contributed by atoms with Gasteiger partial charge in [0, 0.05) is 5.41 Å². The second kappa shape index (κ2) is 2.14. The lowest BCUT2D eigenvalue weighted by molar-refractivity contribution is 0.0688. The fourth-order valence-electron chi connectivity index (χ4n) is 1.12. The summed E-state index contributed by atoms with van der Waals surface area (Å²) < 4.78 is 0. The van der Waals surface area contributed by atoms with Gasteiger partial charge < -0.3 is 5.11 Å². The molecule has 0 spiro atoms. The minimum atomic E-state index is -0.137. The van der Waals surface area contributed by atoms with Crippen LogP contribution in [0.15, 0.2) is 12.2 Å². The van der Waals surface area contributed by atoms with Gasteiger partial charge in [0.25, 0.3) is 0 Å². The molecule has 0 aliphatic heterocycles. The van der Waals surface area contributed by atoms with Crippen molar-refractivity contribution in [1.82, 2.24) is 0 Å². The van der Waals surface area contributed by atoms with Crippen LogP contribution >= 0.6 is 0 Å². The van der Waals surface area contributed by atoms with E-state index in [0.717, 1.165) is 12.8 Å². The van der Waals surface area contributed by atoms with Crippen molar-refractivity contribution in [2.45, 2.75) is 32.8 Å². The summed E-state index contributed by atoms with van der Waals surface area (Å²) in [6.07, 6.45) is 6.06. The number of hydrogen-bond donors (Lipinski definition) is 1. The highest BCUT2D eigenvalue weighted by Crippen LogP contribution is 2.29. The molecule has 9 heavy (non-hydrogen) atoms. The number of aliphatic hydroxyl groups excluding tert-OH is 1. The molecule has 0 radical (unpaired) electrons. The van der Waals surface area contributed by atoms with Gasteiger partial charge in [0.15, 0.2) is 0 Å². The van der Waals surface area contributed by atoms with Crippen molar-refractivity contribution < 1.29 is 5.11 Å². The van der Waals surface area contributed by atoms with Crippen LogP contribution in [0.5, 0.6) is 0 Å². The lowest BCUT2D eigenvalue weighted by Crippen LogP contribution is -2.29. The molecule has 0 fully saturated rings. The van der Waals surface area contributed by atoms with Gasteiger partial charge in [0.05, 0.1) is 6.10 Å². The topological polar surface area (TPSA) is 20.2 Å². The van der Waals surface area contributed by atoms with Gasteiger partial charge in [-0.05, 0) is 12.8 Å². The Kier molecular flexibility index (Phi) is 1.62. The maximum atomic E-state index is 9.39. The SMILES string of the molecule is CC1(C)C=CCCC1O. The molecule has 0 saturated heterocycles. The minimum Gasteiger partial charge on any atom is -0.392 e. The highest BCUT2D eigenvalue weighted by atomic mass is 16.3. The monoisotopic (exact) mass is 126 g/mol. The summed E-state index contributed by atoms with van der Waals surface area (Å²) in [4.78, 5) is 0. The average molecular weight is 126 g/mol. The van der Waals surface area contributed by atoms with Crippen LogP contribution < -0.4 is 0 Å². The van der Waals surface area contributed by atoms with Crippen molar-refractivity contribution in [2.24, 2.45) is 5.41 Å². The lowest BCUT2D eigenvalue weighted by atomic mass is 9.80. The molecule has 1 unspecified atom stereocenters. The number of aliphatic hydroxyl groups is 1. The Morgan fingerprint density at radius 1 is 1.56 bits per heavy atom. The van der Waals surface area contributed by atoms with Gasteiger partial charge in [-0.15, -0.1) is 0 Å². The molecule has 1 rings (SSSR count). The van der Waals surface area contributed by atoms with E-state index in [1.165, 1.54) is 0 Å². The molecule has 0 aromatic rings. The first kappa shape index (κ1) is 6.81. The van der Waals surface area contributed by atoms with Gasteiger partial charge in [-0.1, -0.05) is 26.0 Å². The minimum absolute atomic E-state index is 0.0122. The molecule has 1 aliphatic rings. The Bertz CT molecular complexity index is 125. The number of allylic oxidation sites excluding steroid dienone is 1. The van der Waals surface area contributed by atoms with Gasteiger partial charge in [-0.25, -0.2) is 0 Å². The third-order valence-corrected chi connectivity index (χ3v) is 2.01. The van der Waals surface area contributed by atoms with Crippen LogP contribution in [0.3, 0.4) is 0 Å². The van der Waals surface area contributed by atoms with E-state index >= 15 is 0 Å². The third kappa shape index (κ3) is 1.33. The molecule has 1 nitrogen and oxygen atoms in total. The van der Waals surface area contributed by atoms with Crippen LogP contribution in [0, 0.1) is 5.41 Å². The summed E-state index contributed by atoms with van der Waals surface area (Å²) in [6.45, 7) is 4.13.